The van der Waals surface area contributed by atoms with Crippen molar-refractivity contribution in [2.45, 2.75) is 24.2 Å². The zero-order valence-electron chi connectivity index (χ0n) is 22.1. The molecular formula is C29H35N3O5S. The van der Waals surface area contributed by atoms with Crippen molar-refractivity contribution in [3.63, 3.8) is 0 Å². The van der Waals surface area contributed by atoms with Gasteiger partial charge in [0.25, 0.3) is 0 Å². The molecule has 0 aromatic heterocycles. The second kappa shape index (κ2) is 13.0. The number of hydrogen-bond donors (Lipinski definition) is 2. The van der Waals surface area contributed by atoms with Crippen molar-refractivity contribution in [2.75, 3.05) is 57.7 Å². The molecule has 4 rings (SSSR count). The lowest BCUT2D eigenvalue weighted by molar-refractivity contribution is -0.120. The van der Waals surface area contributed by atoms with E-state index in [0.29, 0.717) is 30.2 Å². The highest BCUT2D eigenvalue weighted by atomic mass is 32.2. The number of benzene rings is 3. The topological polar surface area (TPSA) is 91.3 Å². The number of methoxy groups -OCH3 is 2. The third-order valence-corrected chi connectivity index (χ3v) is 7.88. The van der Waals surface area contributed by atoms with Crippen molar-refractivity contribution >= 4 is 46.3 Å². The molecule has 1 aliphatic heterocycles. The maximum absolute atomic E-state index is 13.4. The van der Waals surface area contributed by atoms with Gasteiger partial charge in [0.15, 0.2) is 17.8 Å². The largest absolute Gasteiger partial charge is 0.504 e. The van der Waals surface area contributed by atoms with E-state index in [1.54, 1.807) is 31.2 Å². The normalized spacial score (nSPS) is 15.8. The van der Waals surface area contributed by atoms with Crippen LogP contribution in [-0.2, 0) is 9.53 Å². The van der Waals surface area contributed by atoms with Crippen LogP contribution in [0, 0.1) is 5.92 Å². The van der Waals surface area contributed by atoms with Gasteiger partial charge in [0, 0.05) is 73.0 Å². The first-order valence-electron chi connectivity index (χ1n) is 12.8. The Labute approximate surface area is 228 Å². The van der Waals surface area contributed by atoms with E-state index in [0.717, 1.165) is 60.0 Å². The van der Waals surface area contributed by atoms with Crippen LogP contribution >= 0.6 is 11.9 Å². The number of ether oxygens (including phenoxy) is 2. The van der Waals surface area contributed by atoms with Gasteiger partial charge in [0.1, 0.15) is 0 Å². The zero-order chi connectivity index (χ0) is 27.1. The van der Waals surface area contributed by atoms with Crippen molar-refractivity contribution in [2.24, 2.45) is 5.92 Å². The van der Waals surface area contributed by atoms with Crippen molar-refractivity contribution < 1.29 is 24.2 Å². The molecule has 202 valence electrons. The minimum absolute atomic E-state index is 0.0300. The first-order valence-corrected chi connectivity index (χ1v) is 13.5. The minimum atomic E-state index is -0.170. The number of fused-ring (bicyclic) bond motifs is 1. The van der Waals surface area contributed by atoms with Crippen molar-refractivity contribution in [3.8, 4) is 11.5 Å². The van der Waals surface area contributed by atoms with Crippen LogP contribution in [0.15, 0.2) is 53.4 Å². The first kappa shape index (κ1) is 27.8. The van der Waals surface area contributed by atoms with E-state index in [1.165, 1.54) is 7.11 Å². The number of amides is 1. The molecule has 1 amide bonds. The van der Waals surface area contributed by atoms with Gasteiger partial charge in [-0.25, -0.2) is 4.31 Å². The highest BCUT2D eigenvalue weighted by molar-refractivity contribution is 7.97. The summed E-state index contributed by atoms with van der Waals surface area (Å²) in [5.74, 6) is 0.328. The average molecular weight is 538 g/mol. The maximum atomic E-state index is 13.4. The molecule has 1 aliphatic rings. The highest BCUT2D eigenvalue weighted by Gasteiger charge is 2.27. The number of aldehydes is 1. The average Bonchev–Trinajstić information content (AvgIpc) is 2.94. The molecule has 0 bridgehead atoms. The lowest BCUT2D eigenvalue weighted by Crippen LogP contribution is -2.37. The summed E-state index contributed by atoms with van der Waals surface area (Å²) in [6, 6.07) is 14.8. The number of rotatable bonds is 11. The van der Waals surface area contributed by atoms with Gasteiger partial charge in [0.2, 0.25) is 5.91 Å². The number of carbonyl (C=O) groups is 2. The van der Waals surface area contributed by atoms with Gasteiger partial charge in [-0.3, -0.25) is 9.59 Å². The Morgan fingerprint density at radius 3 is 2.84 bits per heavy atom. The Kier molecular flexibility index (Phi) is 9.49. The van der Waals surface area contributed by atoms with Crippen molar-refractivity contribution in [1.29, 1.82) is 0 Å². The summed E-state index contributed by atoms with van der Waals surface area (Å²) in [4.78, 5) is 28.4. The summed E-state index contributed by atoms with van der Waals surface area (Å²) < 4.78 is 12.6. The van der Waals surface area contributed by atoms with Crippen LogP contribution < -0.4 is 15.0 Å². The lowest BCUT2D eigenvalue weighted by atomic mass is 9.97. The third-order valence-electron chi connectivity index (χ3n) is 6.83. The number of phenolic OH excluding ortho intramolecular Hbond substituents is 1. The molecule has 0 saturated carbocycles. The van der Waals surface area contributed by atoms with E-state index in [-0.39, 0.29) is 17.6 Å². The van der Waals surface area contributed by atoms with Gasteiger partial charge >= 0.3 is 0 Å². The number of nitrogens with zero attached hydrogens (tertiary/aromatic N) is 2. The number of hydrogen-bond acceptors (Lipinski definition) is 8. The van der Waals surface area contributed by atoms with Crippen molar-refractivity contribution in [3.05, 3.63) is 54.1 Å². The molecule has 0 radical (unpaired) electrons. The number of piperidine rings is 1. The Morgan fingerprint density at radius 1 is 1.24 bits per heavy atom. The summed E-state index contributed by atoms with van der Waals surface area (Å²) in [6.07, 6.45) is 3.44. The molecule has 9 heteroatoms. The molecule has 3 aromatic carbocycles. The lowest BCUT2D eigenvalue weighted by Gasteiger charge is -2.31. The molecule has 1 heterocycles. The fourth-order valence-electron chi connectivity index (χ4n) is 4.85. The van der Waals surface area contributed by atoms with Gasteiger partial charge in [-0.2, -0.15) is 0 Å². The van der Waals surface area contributed by atoms with Gasteiger partial charge in [-0.1, -0.05) is 18.2 Å². The van der Waals surface area contributed by atoms with Gasteiger partial charge in [-0.15, -0.1) is 0 Å². The molecule has 0 spiro atoms. The number of phenols is 1. The fraction of sp³-hybridized carbons (Fsp3) is 0.379. The summed E-state index contributed by atoms with van der Waals surface area (Å²) >= 11 is 1.56. The van der Waals surface area contributed by atoms with Gasteiger partial charge < -0.3 is 24.8 Å². The van der Waals surface area contributed by atoms with E-state index in [4.69, 9.17) is 9.47 Å². The monoisotopic (exact) mass is 537 g/mol. The van der Waals surface area contributed by atoms with Crippen LogP contribution in [0.2, 0.25) is 0 Å². The van der Waals surface area contributed by atoms with Gasteiger partial charge in [0.05, 0.1) is 13.0 Å². The van der Waals surface area contributed by atoms with E-state index < -0.39 is 0 Å². The van der Waals surface area contributed by atoms with Crippen LogP contribution in [-0.4, -0.2) is 69.1 Å². The molecule has 8 nitrogen and oxygen atoms in total. The summed E-state index contributed by atoms with van der Waals surface area (Å²) in [5.41, 5.74) is 2.24. The number of anilines is 2. The Morgan fingerprint density at radius 2 is 2.08 bits per heavy atom. The molecular weight excluding hydrogens is 502 g/mol. The van der Waals surface area contributed by atoms with E-state index >= 15 is 0 Å². The molecule has 38 heavy (non-hydrogen) atoms. The number of aromatic hydroxyl groups is 1. The van der Waals surface area contributed by atoms with Gasteiger partial charge in [-0.05, 0) is 61.5 Å². The van der Waals surface area contributed by atoms with Crippen LogP contribution in [0.25, 0.3) is 10.8 Å². The molecule has 3 aromatic rings. The molecule has 1 unspecified atom stereocenters. The zero-order valence-corrected chi connectivity index (χ0v) is 22.9. The number of carbonyl (C=O) groups excluding carboxylic acids is 2. The number of nitrogens with one attached hydrogen (secondary N) is 1. The van der Waals surface area contributed by atoms with Crippen LogP contribution in [0.1, 0.15) is 29.6 Å². The quantitative estimate of drug-likeness (QED) is 0.196. The molecule has 2 N–H and O–H groups in total. The third kappa shape index (κ3) is 6.40. The molecule has 0 aliphatic carbocycles. The predicted molar refractivity (Wildman–Crippen MR) is 153 cm³/mol. The van der Waals surface area contributed by atoms with E-state index in [1.807, 2.05) is 43.4 Å². The summed E-state index contributed by atoms with van der Waals surface area (Å²) in [5, 5.41) is 14.7. The van der Waals surface area contributed by atoms with Crippen molar-refractivity contribution in [1.82, 2.24) is 4.31 Å². The Bertz CT molecular complexity index is 1280. The summed E-state index contributed by atoms with van der Waals surface area (Å²) in [7, 11) is 5.22. The van der Waals surface area contributed by atoms with Crippen LogP contribution in [0.5, 0.6) is 11.5 Å². The van der Waals surface area contributed by atoms with E-state index in [2.05, 4.69) is 14.5 Å². The second-order valence-corrected chi connectivity index (χ2v) is 10.6. The second-order valence-electron chi connectivity index (χ2n) is 9.43. The SMILES string of the molecule is COCCCN(C)c1ccc(NC(=O)C2CCCN(Sc3ccc(O)c(OC)c3)C2)c2cccc(C=O)c12. The molecule has 1 saturated heterocycles. The Balaban J connectivity index is 1.51. The van der Waals surface area contributed by atoms with Crippen LogP contribution in [0.4, 0.5) is 11.4 Å². The fourth-order valence-corrected chi connectivity index (χ4v) is 5.91. The standard InChI is InChI=1S/C29H35N3O5S/c1-31(14-6-16-36-2)25-12-11-24(23-9-4-7-21(19-33)28(23)25)30-29(35)20-8-5-15-32(18-20)38-22-10-13-26(34)27(17-22)37-3/h4,7,9-13,17,19-20,34H,5-6,8,14-16,18H2,1-3H3,(H,30,35). The summed E-state index contributed by atoms with van der Waals surface area (Å²) in [6.45, 7) is 2.92. The van der Waals surface area contributed by atoms with E-state index in [9.17, 15) is 14.7 Å². The first-order chi connectivity index (χ1) is 18.4. The smallest absolute Gasteiger partial charge is 0.228 e. The maximum Gasteiger partial charge on any atom is 0.228 e. The predicted octanol–water partition coefficient (Wildman–Crippen LogP) is 5.20. The minimum Gasteiger partial charge on any atom is -0.504 e. The Hall–Kier alpha value is -3.27. The molecule has 1 atom stereocenters. The highest BCUT2D eigenvalue weighted by Crippen LogP contribution is 2.36. The van der Waals surface area contributed by atoms with Crippen LogP contribution in [0.3, 0.4) is 0 Å². The molecule has 1 fully saturated rings.